The molecule has 1 heterocycles. The second-order valence-corrected chi connectivity index (χ2v) is 4.09. The predicted octanol–water partition coefficient (Wildman–Crippen LogP) is 0.968. The molecule has 0 aliphatic carbocycles. The van der Waals surface area contributed by atoms with Gasteiger partial charge in [0.05, 0.1) is 6.54 Å². The average Bonchev–Trinajstić information content (AvgIpc) is 2.65. The topological polar surface area (TPSA) is 77.8 Å². The zero-order valence-electron chi connectivity index (χ0n) is 9.67. The van der Waals surface area contributed by atoms with Gasteiger partial charge in [-0.2, -0.15) is 0 Å². The highest BCUT2D eigenvalue weighted by Crippen LogP contribution is 2.17. The summed E-state index contributed by atoms with van der Waals surface area (Å²) in [6.07, 6.45) is 0.632. The Morgan fingerprint density at radius 3 is 2.50 bits per heavy atom. The van der Waals surface area contributed by atoms with E-state index >= 15 is 0 Å². The fourth-order valence-corrected chi connectivity index (χ4v) is 1.87. The second kappa shape index (κ2) is 4.91. The van der Waals surface area contributed by atoms with Gasteiger partial charge in [-0.05, 0) is 12.0 Å². The number of benzene rings is 1. The molecule has 1 aliphatic heterocycles. The van der Waals surface area contributed by atoms with Gasteiger partial charge in [0.1, 0.15) is 5.57 Å². The first kappa shape index (κ1) is 12.2. The summed E-state index contributed by atoms with van der Waals surface area (Å²) in [6.45, 7) is 0.358. The van der Waals surface area contributed by atoms with Crippen LogP contribution in [0.4, 0.5) is 0 Å². The third-order valence-electron chi connectivity index (χ3n) is 2.90. The number of carbonyl (C=O) groups excluding carboxylic acids is 1. The predicted molar refractivity (Wildman–Crippen MR) is 64.0 cm³/mol. The molecule has 0 spiro atoms. The van der Waals surface area contributed by atoms with Crippen molar-refractivity contribution in [2.24, 2.45) is 0 Å². The number of aliphatic carboxylic acids is 1. The van der Waals surface area contributed by atoms with Gasteiger partial charge in [-0.25, -0.2) is 4.79 Å². The van der Waals surface area contributed by atoms with Crippen LogP contribution in [0.1, 0.15) is 5.56 Å². The SMILES string of the molecule is O=C(O)C1=C(O)C(=O)N(CCc2ccccc2)C1. The lowest BCUT2D eigenvalue weighted by Gasteiger charge is -2.15. The molecular weight excluding hydrogens is 234 g/mol. The van der Waals surface area contributed by atoms with Crippen molar-refractivity contribution in [1.29, 1.82) is 0 Å². The highest BCUT2D eigenvalue weighted by atomic mass is 16.4. The largest absolute Gasteiger partial charge is 0.503 e. The van der Waals surface area contributed by atoms with Crippen molar-refractivity contribution < 1.29 is 19.8 Å². The molecule has 0 bridgehead atoms. The Bertz CT molecular complexity index is 507. The van der Waals surface area contributed by atoms with Crippen LogP contribution >= 0.6 is 0 Å². The van der Waals surface area contributed by atoms with Gasteiger partial charge in [-0.15, -0.1) is 0 Å². The van der Waals surface area contributed by atoms with Crippen LogP contribution in [-0.4, -0.2) is 40.1 Å². The maximum Gasteiger partial charge on any atom is 0.337 e. The molecule has 0 atom stereocenters. The van der Waals surface area contributed by atoms with Gasteiger partial charge in [-0.1, -0.05) is 30.3 Å². The average molecular weight is 247 g/mol. The number of carboxylic acids is 1. The first-order valence-electron chi connectivity index (χ1n) is 5.58. The number of rotatable bonds is 4. The first-order valence-corrected chi connectivity index (χ1v) is 5.58. The molecule has 1 amide bonds. The van der Waals surface area contributed by atoms with Crippen LogP contribution in [0.15, 0.2) is 41.7 Å². The molecule has 0 aromatic heterocycles. The van der Waals surface area contributed by atoms with Gasteiger partial charge in [0, 0.05) is 6.54 Å². The van der Waals surface area contributed by atoms with Gasteiger partial charge < -0.3 is 15.1 Å². The molecule has 2 N–H and O–H groups in total. The Morgan fingerprint density at radius 2 is 1.94 bits per heavy atom. The van der Waals surface area contributed by atoms with Crippen molar-refractivity contribution in [3.8, 4) is 0 Å². The second-order valence-electron chi connectivity index (χ2n) is 4.09. The number of amides is 1. The number of hydrogen-bond donors (Lipinski definition) is 2. The maximum atomic E-state index is 11.6. The summed E-state index contributed by atoms with van der Waals surface area (Å²) >= 11 is 0. The summed E-state index contributed by atoms with van der Waals surface area (Å²) in [4.78, 5) is 23.7. The van der Waals surface area contributed by atoms with Crippen LogP contribution in [-0.2, 0) is 16.0 Å². The summed E-state index contributed by atoms with van der Waals surface area (Å²) in [5.74, 6) is -2.50. The van der Waals surface area contributed by atoms with Gasteiger partial charge in [0.25, 0.3) is 5.91 Å². The van der Waals surface area contributed by atoms with E-state index in [4.69, 9.17) is 5.11 Å². The minimum Gasteiger partial charge on any atom is -0.503 e. The molecule has 0 fully saturated rings. The number of hydrogen-bond acceptors (Lipinski definition) is 3. The Labute approximate surface area is 104 Å². The summed E-state index contributed by atoms with van der Waals surface area (Å²) in [5, 5.41) is 18.2. The van der Waals surface area contributed by atoms with Gasteiger partial charge in [-0.3, -0.25) is 4.79 Å². The molecule has 94 valence electrons. The molecule has 0 saturated heterocycles. The van der Waals surface area contributed by atoms with Crippen molar-refractivity contribution in [1.82, 2.24) is 4.90 Å². The number of aliphatic hydroxyl groups excluding tert-OH is 1. The fourth-order valence-electron chi connectivity index (χ4n) is 1.87. The molecule has 5 nitrogen and oxygen atoms in total. The summed E-state index contributed by atoms with van der Waals surface area (Å²) in [5.41, 5.74) is 0.835. The van der Waals surface area contributed by atoms with Crippen molar-refractivity contribution in [2.75, 3.05) is 13.1 Å². The number of carboxylic acid groups (broad SMARTS) is 1. The first-order chi connectivity index (χ1) is 8.59. The van der Waals surface area contributed by atoms with Crippen LogP contribution < -0.4 is 0 Å². The van der Waals surface area contributed by atoms with Crippen molar-refractivity contribution >= 4 is 11.9 Å². The molecular formula is C13H13NO4. The van der Waals surface area contributed by atoms with Gasteiger partial charge in [0.15, 0.2) is 5.76 Å². The number of aliphatic hydroxyl groups is 1. The molecule has 1 aliphatic rings. The number of nitrogens with zero attached hydrogens (tertiary/aromatic N) is 1. The highest BCUT2D eigenvalue weighted by Gasteiger charge is 2.33. The lowest BCUT2D eigenvalue weighted by atomic mass is 10.1. The van der Waals surface area contributed by atoms with Gasteiger partial charge in [0.2, 0.25) is 0 Å². The van der Waals surface area contributed by atoms with E-state index < -0.39 is 17.6 Å². The van der Waals surface area contributed by atoms with E-state index in [1.807, 2.05) is 30.3 Å². The normalized spacial score (nSPS) is 15.3. The smallest absolute Gasteiger partial charge is 0.337 e. The van der Waals surface area contributed by atoms with Gasteiger partial charge >= 0.3 is 5.97 Å². The van der Waals surface area contributed by atoms with Crippen molar-refractivity contribution in [3.05, 3.63) is 47.2 Å². The van der Waals surface area contributed by atoms with E-state index in [1.54, 1.807) is 0 Å². The molecule has 0 saturated carbocycles. The molecule has 0 radical (unpaired) electrons. The molecule has 5 heteroatoms. The van der Waals surface area contributed by atoms with Crippen LogP contribution in [0, 0.1) is 0 Å². The standard InChI is InChI=1S/C13H13NO4/c15-11-10(13(17)18)8-14(12(11)16)7-6-9-4-2-1-3-5-9/h1-5,15H,6-8H2,(H,17,18). The molecule has 0 unspecified atom stereocenters. The molecule has 1 aromatic rings. The fraction of sp³-hybridized carbons (Fsp3) is 0.231. The summed E-state index contributed by atoms with van der Waals surface area (Å²) in [6, 6.07) is 9.58. The zero-order chi connectivity index (χ0) is 13.1. The van der Waals surface area contributed by atoms with E-state index in [9.17, 15) is 14.7 Å². The summed E-state index contributed by atoms with van der Waals surface area (Å²) < 4.78 is 0. The van der Waals surface area contributed by atoms with Crippen LogP contribution in [0.5, 0.6) is 0 Å². The lowest BCUT2D eigenvalue weighted by Crippen LogP contribution is -2.29. The summed E-state index contributed by atoms with van der Waals surface area (Å²) in [7, 11) is 0. The zero-order valence-corrected chi connectivity index (χ0v) is 9.67. The maximum absolute atomic E-state index is 11.6. The minimum absolute atomic E-state index is 0.0349. The van der Waals surface area contributed by atoms with E-state index in [-0.39, 0.29) is 12.1 Å². The van der Waals surface area contributed by atoms with E-state index in [0.717, 1.165) is 5.56 Å². The van der Waals surface area contributed by atoms with Crippen LogP contribution in [0.25, 0.3) is 0 Å². The Balaban J connectivity index is 1.98. The highest BCUT2D eigenvalue weighted by molar-refractivity contribution is 6.04. The Kier molecular flexibility index (Phi) is 3.32. The molecule has 18 heavy (non-hydrogen) atoms. The van der Waals surface area contributed by atoms with E-state index in [1.165, 1.54) is 4.90 Å². The minimum atomic E-state index is -1.25. The molecule has 1 aromatic carbocycles. The van der Waals surface area contributed by atoms with E-state index in [0.29, 0.717) is 13.0 Å². The van der Waals surface area contributed by atoms with E-state index in [2.05, 4.69) is 0 Å². The quantitative estimate of drug-likeness (QED) is 0.831. The van der Waals surface area contributed by atoms with Crippen LogP contribution in [0.3, 0.4) is 0 Å². The monoisotopic (exact) mass is 247 g/mol. The third-order valence-corrected chi connectivity index (χ3v) is 2.90. The molecule has 2 rings (SSSR count). The van der Waals surface area contributed by atoms with Crippen molar-refractivity contribution in [2.45, 2.75) is 6.42 Å². The van der Waals surface area contributed by atoms with Crippen molar-refractivity contribution in [3.63, 3.8) is 0 Å². The van der Waals surface area contributed by atoms with Crippen LogP contribution in [0.2, 0.25) is 0 Å². The number of carbonyl (C=O) groups is 2. The Morgan fingerprint density at radius 1 is 1.28 bits per heavy atom. The third kappa shape index (κ3) is 2.34. The lowest BCUT2D eigenvalue weighted by molar-refractivity contribution is -0.133. The Hall–Kier alpha value is -2.30.